The van der Waals surface area contributed by atoms with Crippen LogP contribution >= 0.6 is 0 Å². The number of carbonyl (C=O) groups is 3. The maximum atomic E-state index is 13.1. The fraction of sp³-hybridized carbons (Fsp3) is 0.343. The van der Waals surface area contributed by atoms with Gasteiger partial charge in [0.15, 0.2) is 6.73 Å². The Labute approximate surface area is 272 Å². The predicted octanol–water partition coefficient (Wildman–Crippen LogP) is 5.31. The fourth-order valence-electron chi connectivity index (χ4n) is 5.19. The number of esters is 2. The van der Waals surface area contributed by atoms with Crippen molar-refractivity contribution in [3.8, 4) is 11.5 Å². The molecule has 0 radical (unpaired) electrons. The smallest absolute Gasteiger partial charge is 0.341 e. The first-order chi connectivity index (χ1) is 22.4. The summed E-state index contributed by atoms with van der Waals surface area (Å²) in [6, 6.07) is 16.9. The van der Waals surface area contributed by atoms with E-state index in [9.17, 15) is 19.5 Å². The van der Waals surface area contributed by atoms with Gasteiger partial charge < -0.3 is 29.2 Å². The second-order valence-corrected chi connectivity index (χ2v) is 12.2. The van der Waals surface area contributed by atoms with E-state index in [2.05, 4.69) is 5.32 Å². The molecular formula is C35H39N5O7. The zero-order chi connectivity index (χ0) is 33.9. The molecule has 2 aromatic heterocycles. The number of amides is 1. The van der Waals surface area contributed by atoms with Crippen LogP contribution in [-0.2, 0) is 28.0 Å². The van der Waals surface area contributed by atoms with E-state index in [-0.39, 0.29) is 50.0 Å². The summed E-state index contributed by atoms with van der Waals surface area (Å²) in [5.41, 5.74) is 2.81. The Morgan fingerprint density at radius 1 is 0.936 bits per heavy atom. The van der Waals surface area contributed by atoms with Gasteiger partial charge in [-0.05, 0) is 77.1 Å². The van der Waals surface area contributed by atoms with Crippen LogP contribution in [0.1, 0.15) is 72.9 Å². The lowest BCUT2D eigenvalue weighted by Gasteiger charge is -2.19. The number of phenolic OH excluding ortho intramolecular Hbond substituents is 1. The molecule has 0 aliphatic carbocycles. The van der Waals surface area contributed by atoms with E-state index < -0.39 is 11.4 Å². The number of phenols is 1. The van der Waals surface area contributed by atoms with E-state index in [0.29, 0.717) is 45.1 Å². The highest BCUT2D eigenvalue weighted by Crippen LogP contribution is 2.31. The van der Waals surface area contributed by atoms with Crippen molar-refractivity contribution >= 4 is 39.9 Å². The van der Waals surface area contributed by atoms with Crippen molar-refractivity contribution < 1.29 is 33.7 Å². The number of aryl methyl sites for hydroxylation is 1. The number of imidazole rings is 2. The summed E-state index contributed by atoms with van der Waals surface area (Å²) < 4.78 is 20.2. The van der Waals surface area contributed by atoms with Gasteiger partial charge in [0.1, 0.15) is 35.3 Å². The van der Waals surface area contributed by atoms with Crippen molar-refractivity contribution in [2.45, 2.75) is 47.3 Å². The van der Waals surface area contributed by atoms with Crippen molar-refractivity contribution in [3.05, 3.63) is 83.4 Å². The average Bonchev–Trinajstić information content (AvgIpc) is 3.57. The molecule has 2 heterocycles. The van der Waals surface area contributed by atoms with Crippen molar-refractivity contribution in [1.82, 2.24) is 24.4 Å². The quantitative estimate of drug-likeness (QED) is 0.145. The van der Waals surface area contributed by atoms with Gasteiger partial charge in [0.05, 0.1) is 46.6 Å². The third-order valence-corrected chi connectivity index (χ3v) is 7.68. The first-order valence-electron chi connectivity index (χ1n) is 15.4. The number of carbonyl (C=O) groups excluding carboxylic acids is 3. The summed E-state index contributed by atoms with van der Waals surface area (Å²) in [6.07, 6.45) is 0. The zero-order valence-corrected chi connectivity index (χ0v) is 27.4. The highest BCUT2D eigenvalue weighted by Gasteiger charge is 2.27. The molecule has 2 N–H and O–H groups in total. The van der Waals surface area contributed by atoms with Crippen LogP contribution in [-0.4, -0.2) is 61.8 Å². The van der Waals surface area contributed by atoms with Crippen LogP contribution in [0.5, 0.6) is 11.5 Å². The molecule has 0 saturated heterocycles. The summed E-state index contributed by atoms with van der Waals surface area (Å²) >= 11 is 0. The van der Waals surface area contributed by atoms with Crippen LogP contribution in [0.2, 0.25) is 0 Å². The number of rotatable bonds is 11. The lowest BCUT2D eigenvalue weighted by atomic mass is 9.98. The molecule has 0 fully saturated rings. The molecule has 12 nitrogen and oxygen atoms in total. The number of aromatic hydroxyl groups is 1. The third-order valence-electron chi connectivity index (χ3n) is 7.68. The predicted molar refractivity (Wildman–Crippen MR) is 175 cm³/mol. The number of hydrogen-bond acceptors (Lipinski definition) is 9. The Morgan fingerprint density at radius 3 is 2.43 bits per heavy atom. The van der Waals surface area contributed by atoms with Crippen LogP contribution in [0.4, 0.5) is 0 Å². The number of para-hydroxylation sites is 1. The van der Waals surface area contributed by atoms with Gasteiger partial charge >= 0.3 is 11.9 Å². The summed E-state index contributed by atoms with van der Waals surface area (Å²) in [7, 11) is 1.87. The van der Waals surface area contributed by atoms with Crippen molar-refractivity contribution in [2.24, 2.45) is 12.5 Å². The Hall–Kier alpha value is -5.39. The molecule has 5 rings (SSSR count). The Morgan fingerprint density at radius 2 is 1.68 bits per heavy atom. The van der Waals surface area contributed by atoms with Gasteiger partial charge in [-0.3, -0.25) is 14.2 Å². The molecule has 5 aromatic rings. The standard InChI is InChI=1S/C35H39N5O7/c1-7-45-33(43)24-10-8-9-11-29(24)46-17-16-36-32(42)22-12-14-25-28(18-22)39(6)30(37-25)21(2)31-38-26-19-23(41)13-15-27(26)40(31)20-47-34(44)35(3,4)5/h8-15,18-19,21,41H,7,16-17,20H2,1-6H3,(H,36,42). The maximum absolute atomic E-state index is 13.1. The van der Waals surface area contributed by atoms with Crippen molar-refractivity contribution in [1.29, 1.82) is 0 Å². The highest BCUT2D eigenvalue weighted by molar-refractivity contribution is 5.97. The molecule has 1 amide bonds. The maximum Gasteiger partial charge on any atom is 0.341 e. The molecule has 0 bridgehead atoms. The molecule has 246 valence electrons. The summed E-state index contributed by atoms with van der Waals surface area (Å²) in [5.74, 6) is 0.311. The van der Waals surface area contributed by atoms with E-state index in [0.717, 1.165) is 5.52 Å². The minimum Gasteiger partial charge on any atom is -0.508 e. The number of nitrogens with zero attached hydrogens (tertiary/aromatic N) is 4. The van der Waals surface area contributed by atoms with E-state index in [4.69, 9.17) is 24.2 Å². The third kappa shape index (κ3) is 7.06. The van der Waals surface area contributed by atoms with Gasteiger partial charge in [0.2, 0.25) is 0 Å². The van der Waals surface area contributed by atoms with E-state index in [1.54, 1.807) is 88.4 Å². The number of nitrogens with one attached hydrogen (secondary N) is 1. The fourth-order valence-corrected chi connectivity index (χ4v) is 5.19. The Balaban J connectivity index is 1.33. The lowest BCUT2D eigenvalue weighted by molar-refractivity contribution is -0.156. The van der Waals surface area contributed by atoms with E-state index in [1.165, 1.54) is 0 Å². The monoisotopic (exact) mass is 641 g/mol. The van der Waals surface area contributed by atoms with Gasteiger partial charge in [-0.25, -0.2) is 14.8 Å². The van der Waals surface area contributed by atoms with E-state index >= 15 is 0 Å². The normalized spacial score (nSPS) is 12.2. The lowest BCUT2D eigenvalue weighted by Crippen LogP contribution is -2.28. The second-order valence-electron chi connectivity index (χ2n) is 12.2. The van der Waals surface area contributed by atoms with Gasteiger partial charge in [-0.1, -0.05) is 12.1 Å². The molecule has 1 atom stereocenters. The zero-order valence-electron chi connectivity index (χ0n) is 27.4. The van der Waals surface area contributed by atoms with Crippen molar-refractivity contribution in [2.75, 3.05) is 19.8 Å². The number of benzene rings is 3. The molecule has 0 spiro atoms. The molecular weight excluding hydrogens is 602 g/mol. The minimum atomic E-state index is -0.676. The average molecular weight is 642 g/mol. The van der Waals surface area contributed by atoms with Crippen LogP contribution in [0.25, 0.3) is 22.1 Å². The molecule has 47 heavy (non-hydrogen) atoms. The van der Waals surface area contributed by atoms with Gasteiger partial charge in [-0.15, -0.1) is 0 Å². The first-order valence-corrected chi connectivity index (χ1v) is 15.4. The molecule has 0 saturated carbocycles. The molecule has 0 aliphatic heterocycles. The van der Waals surface area contributed by atoms with Gasteiger partial charge in [0.25, 0.3) is 5.91 Å². The summed E-state index contributed by atoms with van der Waals surface area (Å²) in [6.45, 7) is 9.64. The van der Waals surface area contributed by atoms with E-state index in [1.807, 2.05) is 23.1 Å². The minimum absolute atomic E-state index is 0.0521. The van der Waals surface area contributed by atoms with Crippen LogP contribution in [0.3, 0.4) is 0 Å². The number of fused-ring (bicyclic) bond motifs is 2. The largest absolute Gasteiger partial charge is 0.508 e. The molecule has 1 unspecified atom stereocenters. The molecule has 3 aromatic carbocycles. The topological polar surface area (TPSA) is 147 Å². The van der Waals surface area contributed by atoms with Gasteiger partial charge in [-0.2, -0.15) is 0 Å². The number of aromatic nitrogens is 4. The second kappa shape index (κ2) is 13.5. The van der Waals surface area contributed by atoms with Crippen molar-refractivity contribution in [3.63, 3.8) is 0 Å². The van der Waals surface area contributed by atoms with Crippen LogP contribution in [0.15, 0.2) is 60.7 Å². The first kappa shape index (κ1) is 33.0. The highest BCUT2D eigenvalue weighted by atomic mass is 16.5. The number of hydrogen-bond donors (Lipinski definition) is 2. The SMILES string of the molecule is CCOC(=O)c1ccccc1OCCNC(=O)c1ccc2nc(C(C)c3nc4cc(O)ccc4n3COC(=O)C(C)(C)C)n(C)c2c1. The van der Waals surface area contributed by atoms with Crippen LogP contribution in [0, 0.1) is 5.41 Å². The number of ether oxygens (including phenoxy) is 3. The van der Waals surface area contributed by atoms with Gasteiger partial charge in [0, 0.05) is 18.7 Å². The Kier molecular flexibility index (Phi) is 9.50. The molecule has 0 aliphatic rings. The molecule has 12 heteroatoms. The van der Waals surface area contributed by atoms with Crippen LogP contribution < -0.4 is 10.1 Å². The summed E-state index contributed by atoms with van der Waals surface area (Å²) in [4.78, 5) is 47.5. The Bertz CT molecular complexity index is 1950. The summed E-state index contributed by atoms with van der Waals surface area (Å²) in [5, 5.41) is 12.9.